The topological polar surface area (TPSA) is 26.0 Å². The van der Waals surface area contributed by atoms with Gasteiger partial charge in [0.15, 0.2) is 0 Å². The maximum Gasteiger partial charge on any atom is 0.132 e. The minimum Gasteiger partial charge on any atom is -0.363 e. The molecule has 1 aromatic carbocycles. The van der Waals surface area contributed by atoms with Crippen molar-refractivity contribution in [2.24, 2.45) is 0 Å². The van der Waals surface area contributed by atoms with Crippen molar-refractivity contribution in [3.05, 3.63) is 72.9 Å². The van der Waals surface area contributed by atoms with E-state index in [-0.39, 0.29) is 5.82 Å². The summed E-state index contributed by atoms with van der Waals surface area (Å²) in [5.41, 5.74) is 3.02. The van der Waals surface area contributed by atoms with Crippen LogP contribution < -0.4 is 0 Å². The summed E-state index contributed by atoms with van der Waals surface area (Å²) in [4.78, 5) is 0. The summed E-state index contributed by atoms with van der Waals surface area (Å²) in [7, 11) is 0. The Labute approximate surface area is 125 Å². The first kappa shape index (κ1) is 16.6. The van der Waals surface area contributed by atoms with E-state index in [9.17, 15) is 4.39 Å². The van der Waals surface area contributed by atoms with E-state index in [2.05, 4.69) is 11.7 Å². The van der Waals surface area contributed by atoms with Gasteiger partial charge in [0.05, 0.1) is 0 Å². The molecule has 0 saturated heterocycles. The lowest BCUT2D eigenvalue weighted by Crippen LogP contribution is -1.86. The highest BCUT2D eigenvalue weighted by Crippen LogP contribution is 2.29. The van der Waals surface area contributed by atoms with Crippen LogP contribution >= 0.6 is 0 Å². The van der Waals surface area contributed by atoms with E-state index in [4.69, 9.17) is 4.52 Å². The van der Waals surface area contributed by atoms with Crippen LogP contribution in [0.5, 0.6) is 0 Å². The fraction of sp³-hybridized carbons (Fsp3) is 0.167. The number of halogens is 1. The van der Waals surface area contributed by atoms with Crippen LogP contribution in [0.4, 0.5) is 4.39 Å². The second kappa shape index (κ2) is 8.69. The Bertz CT molecular complexity index is 638. The van der Waals surface area contributed by atoms with Gasteiger partial charge in [0.2, 0.25) is 0 Å². The molecular weight excluding hydrogens is 265 g/mol. The number of hydrogen-bond donors (Lipinski definition) is 0. The molecule has 1 heterocycles. The molecule has 0 radical (unpaired) electrons. The van der Waals surface area contributed by atoms with E-state index in [1.54, 1.807) is 12.1 Å². The monoisotopic (exact) mass is 285 g/mol. The van der Waals surface area contributed by atoms with E-state index in [1.165, 1.54) is 18.4 Å². The Kier molecular flexibility index (Phi) is 6.88. The van der Waals surface area contributed by atoms with Crippen molar-refractivity contribution in [3.8, 4) is 11.1 Å². The minimum atomic E-state index is -0.287. The van der Waals surface area contributed by atoms with Gasteiger partial charge in [-0.2, -0.15) is 0 Å². The number of aromatic nitrogens is 1. The lowest BCUT2D eigenvalue weighted by Gasteiger charge is -2.02. The van der Waals surface area contributed by atoms with Crippen LogP contribution in [0.3, 0.4) is 0 Å². The lowest BCUT2D eigenvalue weighted by atomic mass is 10.0. The molecule has 0 saturated carbocycles. The molecule has 21 heavy (non-hydrogen) atoms. The molecular formula is C18H20FNO. The fourth-order valence-corrected chi connectivity index (χ4v) is 1.83. The molecule has 0 amide bonds. The summed E-state index contributed by atoms with van der Waals surface area (Å²) in [6.07, 6.45) is 8.84. The molecule has 2 nitrogen and oxygen atoms in total. The van der Waals surface area contributed by atoms with E-state index >= 15 is 0 Å². The summed E-state index contributed by atoms with van der Waals surface area (Å²) in [6.45, 7) is 9.60. The molecule has 0 spiro atoms. The zero-order valence-corrected chi connectivity index (χ0v) is 12.6. The summed E-state index contributed by atoms with van der Waals surface area (Å²) in [5.74, 6) is -0.287. The van der Waals surface area contributed by atoms with Gasteiger partial charge in [0.25, 0.3) is 0 Å². The van der Waals surface area contributed by atoms with Crippen molar-refractivity contribution in [2.75, 3.05) is 0 Å². The molecule has 2 aromatic rings. The molecule has 0 aliphatic heterocycles. The minimum absolute atomic E-state index is 0.287. The second-order valence-electron chi connectivity index (χ2n) is 3.94. The molecule has 0 fully saturated rings. The third-order valence-corrected chi connectivity index (χ3v) is 2.62. The second-order valence-corrected chi connectivity index (χ2v) is 3.94. The Morgan fingerprint density at radius 1 is 1.33 bits per heavy atom. The smallest absolute Gasteiger partial charge is 0.132 e. The SMILES string of the molecule is C=C/C=C(\C=C/C)c1nocc1-c1cccc(F)c1.CC. The van der Waals surface area contributed by atoms with Gasteiger partial charge >= 0.3 is 0 Å². The highest BCUT2D eigenvalue weighted by molar-refractivity contribution is 5.83. The Hall–Kier alpha value is -2.42. The third kappa shape index (κ3) is 4.28. The van der Waals surface area contributed by atoms with Crippen LogP contribution in [0.2, 0.25) is 0 Å². The summed E-state index contributed by atoms with van der Waals surface area (Å²) < 4.78 is 18.3. The molecule has 0 aliphatic rings. The first-order chi connectivity index (χ1) is 10.3. The Morgan fingerprint density at radius 2 is 2.10 bits per heavy atom. The van der Waals surface area contributed by atoms with Crippen molar-refractivity contribution in [3.63, 3.8) is 0 Å². The maximum atomic E-state index is 13.3. The summed E-state index contributed by atoms with van der Waals surface area (Å²) in [5, 5.41) is 4.00. The van der Waals surface area contributed by atoms with Gasteiger partial charge in [-0.1, -0.05) is 62.0 Å². The van der Waals surface area contributed by atoms with Crippen molar-refractivity contribution in [2.45, 2.75) is 20.8 Å². The molecule has 1 aromatic heterocycles. The van der Waals surface area contributed by atoms with Crippen molar-refractivity contribution in [1.29, 1.82) is 0 Å². The molecule has 2 rings (SSSR count). The number of rotatable bonds is 4. The maximum absolute atomic E-state index is 13.3. The van der Waals surface area contributed by atoms with Crippen LogP contribution in [-0.4, -0.2) is 5.16 Å². The van der Waals surface area contributed by atoms with Gasteiger partial charge in [-0.3, -0.25) is 0 Å². The standard InChI is InChI=1S/C16H14FNO.C2H6/c1-3-6-12(7-4-2)16-15(11-19-18-16)13-8-5-9-14(17)10-13;1-2/h3-11H,1H2,2H3;1-2H3/b7-4-,12-6+;. The first-order valence-corrected chi connectivity index (χ1v) is 6.92. The van der Waals surface area contributed by atoms with Gasteiger partial charge < -0.3 is 4.52 Å². The van der Waals surface area contributed by atoms with E-state index < -0.39 is 0 Å². The van der Waals surface area contributed by atoms with Gasteiger partial charge in [0.1, 0.15) is 17.8 Å². The van der Waals surface area contributed by atoms with Crippen LogP contribution in [0.1, 0.15) is 26.5 Å². The van der Waals surface area contributed by atoms with Gasteiger partial charge in [-0.25, -0.2) is 4.39 Å². The van der Waals surface area contributed by atoms with E-state index in [0.29, 0.717) is 5.69 Å². The summed E-state index contributed by atoms with van der Waals surface area (Å²) in [6, 6.07) is 6.34. The largest absolute Gasteiger partial charge is 0.363 e. The molecule has 0 aliphatic carbocycles. The normalized spacial score (nSPS) is 11.1. The highest BCUT2D eigenvalue weighted by atomic mass is 19.1. The zero-order chi connectivity index (χ0) is 15.7. The Morgan fingerprint density at radius 3 is 2.71 bits per heavy atom. The van der Waals surface area contributed by atoms with Crippen LogP contribution in [0.15, 0.2) is 65.9 Å². The number of nitrogens with zero attached hydrogens (tertiary/aromatic N) is 1. The van der Waals surface area contributed by atoms with Crippen LogP contribution in [0.25, 0.3) is 16.7 Å². The third-order valence-electron chi connectivity index (χ3n) is 2.62. The quantitative estimate of drug-likeness (QED) is 0.678. The molecule has 0 N–H and O–H groups in total. The predicted octanol–water partition coefficient (Wildman–Crippen LogP) is 5.65. The van der Waals surface area contributed by atoms with Gasteiger partial charge in [-0.15, -0.1) is 0 Å². The van der Waals surface area contributed by atoms with Crippen LogP contribution in [-0.2, 0) is 0 Å². The predicted molar refractivity (Wildman–Crippen MR) is 86.2 cm³/mol. The number of benzene rings is 1. The molecule has 3 heteroatoms. The molecule has 0 atom stereocenters. The van der Waals surface area contributed by atoms with Crippen molar-refractivity contribution < 1.29 is 8.91 Å². The van der Waals surface area contributed by atoms with Gasteiger partial charge in [-0.05, 0) is 24.6 Å². The Balaban J connectivity index is 0.00000106. The van der Waals surface area contributed by atoms with Crippen LogP contribution in [0, 0.1) is 5.82 Å². The fourth-order valence-electron chi connectivity index (χ4n) is 1.83. The van der Waals surface area contributed by atoms with Crippen molar-refractivity contribution in [1.82, 2.24) is 5.16 Å². The number of allylic oxidation sites excluding steroid dienone is 5. The lowest BCUT2D eigenvalue weighted by molar-refractivity contribution is 0.418. The number of hydrogen-bond acceptors (Lipinski definition) is 2. The van der Waals surface area contributed by atoms with Gasteiger partial charge in [0, 0.05) is 11.1 Å². The first-order valence-electron chi connectivity index (χ1n) is 6.92. The van der Waals surface area contributed by atoms with E-state index in [0.717, 1.165) is 16.7 Å². The summed E-state index contributed by atoms with van der Waals surface area (Å²) >= 11 is 0. The van der Waals surface area contributed by atoms with Crippen molar-refractivity contribution >= 4 is 5.57 Å². The molecule has 0 bridgehead atoms. The zero-order valence-electron chi connectivity index (χ0n) is 12.6. The average Bonchev–Trinajstić information content (AvgIpc) is 2.98. The van der Waals surface area contributed by atoms with E-state index in [1.807, 2.05) is 45.1 Å². The highest BCUT2D eigenvalue weighted by Gasteiger charge is 2.12. The average molecular weight is 285 g/mol. The molecule has 110 valence electrons. The molecule has 0 unspecified atom stereocenters.